The average Bonchev–Trinajstić information content (AvgIpc) is 2.46. The van der Waals surface area contributed by atoms with Crippen LogP contribution in [0.1, 0.15) is 20.7 Å². The molecular formula is C15H12O5. The van der Waals surface area contributed by atoms with Gasteiger partial charge in [0.2, 0.25) is 0 Å². The number of carbonyl (C=O) groups is 2. The lowest BCUT2D eigenvalue weighted by molar-refractivity contribution is 0.0600. The number of carboxylic acid groups (broad SMARTS) is 1. The lowest BCUT2D eigenvalue weighted by atomic mass is 10.0. The first-order valence-electron chi connectivity index (χ1n) is 5.78. The van der Waals surface area contributed by atoms with Gasteiger partial charge in [0.1, 0.15) is 5.75 Å². The third-order valence-electron chi connectivity index (χ3n) is 2.84. The fourth-order valence-corrected chi connectivity index (χ4v) is 1.84. The van der Waals surface area contributed by atoms with Gasteiger partial charge >= 0.3 is 11.9 Å². The molecule has 2 rings (SSSR count). The highest BCUT2D eigenvalue weighted by Crippen LogP contribution is 2.30. The van der Waals surface area contributed by atoms with Gasteiger partial charge in [-0.05, 0) is 35.9 Å². The van der Waals surface area contributed by atoms with Crippen LogP contribution in [0.25, 0.3) is 11.1 Å². The van der Waals surface area contributed by atoms with E-state index in [2.05, 4.69) is 4.74 Å². The van der Waals surface area contributed by atoms with Crippen molar-refractivity contribution in [2.75, 3.05) is 7.11 Å². The number of carboxylic acids is 1. The summed E-state index contributed by atoms with van der Waals surface area (Å²) in [5.41, 5.74) is 1.39. The smallest absolute Gasteiger partial charge is 0.337 e. The van der Waals surface area contributed by atoms with E-state index >= 15 is 0 Å². The number of methoxy groups -OCH3 is 1. The summed E-state index contributed by atoms with van der Waals surface area (Å²) in [4.78, 5) is 22.3. The van der Waals surface area contributed by atoms with Crippen molar-refractivity contribution in [1.29, 1.82) is 0 Å². The van der Waals surface area contributed by atoms with Crippen LogP contribution in [0.3, 0.4) is 0 Å². The van der Waals surface area contributed by atoms with Gasteiger partial charge in [-0.1, -0.05) is 12.1 Å². The van der Waals surface area contributed by atoms with Crippen LogP contribution >= 0.6 is 0 Å². The summed E-state index contributed by atoms with van der Waals surface area (Å²) < 4.78 is 4.63. The van der Waals surface area contributed by atoms with E-state index in [0.29, 0.717) is 16.7 Å². The van der Waals surface area contributed by atoms with Crippen molar-refractivity contribution in [2.45, 2.75) is 0 Å². The van der Waals surface area contributed by atoms with E-state index in [-0.39, 0.29) is 11.3 Å². The van der Waals surface area contributed by atoms with Crippen LogP contribution in [0, 0.1) is 0 Å². The minimum atomic E-state index is -1.12. The molecule has 2 aromatic rings. The van der Waals surface area contributed by atoms with Gasteiger partial charge in [0.25, 0.3) is 0 Å². The van der Waals surface area contributed by atoms with Gasteiger partial charge in [-0.2, -0.15) is 0 Å². The van der Waals surface area contributed by atoms with Crippen LogP contribution in [0.2, 0.25) is 0 Å². The number of phenols is 1. The third-order valence-corrected chi connectivity index (χ3v) is 2.84. The van der Waals surface area contributed by atoms with Crippen LogP contribution in [0.5, 0.6) is 5.75 Å². The number of hydrogen-bond donors (Lipinski definition) is 2. The molecule has 2 N–H and O–H groups in total. The number of aromatic carboxylic acids is 1. The second-order valence-electron chi connectivity index (χ2n) is 4.11. The zero-order valence-corrected chi connectivity index (χ0v) is 10.7. The molecule has 0 unspecified atom stereocenters. The van der Waals surface area contributed by atoms with Crippen LogP contribution in [-0.2, 0) is 4.74 Å². The summed E-state index contributed by atoms with van der Waals surface area (Å²) in [6.07, 6.45) is 0. The van der Waals surface area contributed by atoms with E-state index in [0.717, 1.165) is 0 Å². The Bertz CT molecular complexity index is 676. The molecule has 102 valence electrons. The highest BCUT2D eigenvalue weighted by atomic mass is 16.5. The molecule has 2 aromatic carbocycles. The molecule has 0 saturated carbocycles. The molecule has 0 aliphatic heterocycles. The van der Waals surface area contributed by atoms with Gasteiger partial charge < -0.3 is 14.9 Å². The minimum absolute atomic E-state index is 0.00428. The lowest BCUT2D eigenvalue weighted by Gasteiger charge is -2.07. The van der Waals surface area contributed by atoms with E-state index in [1.54, 1.807) is 24.3 Å². The molecule has 5 heteroatoms. The maximum absolute atomic E-state index is 11.5. The zero-order valence-electron chi connectivity index (χ0n) is 10.7. The number of carbonyl (C=O) groups excluding carboxylic acids is 1. The van der Waals surface area contributed by atoms with Crippen LogP contribution in [0.4, 0.5) is 0 Å². The molecule has 0 aliphatic carbocycles. The molecule has 0 amide bonds. The maximum Gasteiger partial charge on any atom is 0.337 e. The summed E-state index contributed by atoms with van der Waals surface area (Å²) in [5, 5.41) is 18.7. The molecule has 0 radical (unpaired) electrons. The average molecular weight is 272 g/mol. The molecular weight excluding hydrogens is 260 g/mol. The first kappa shape index (κ1) is 13.6. The Morgan fingerprint density at radius 2 is 1.80 bits per heavy atom. The number of phenolic OH excluding ortho intramolecular Hbond substituents is 1. The summed E-state index contributed by atoms with van der Waals surface area (Å²) in [5.74, 6) is -1.75. The zero-order chi connectivity index (χ0) is 14.7. The SMILES string of the molecule is COC(=O)c1cccc(-c2ccc(C(=O)O)cc2O)c1. The Kier molecular flexibility index (Phi) is 3.70. The quantitative estimate of drug-likeness (QED) is 0.839. The Labute approximate surface area is 115 Å². The summed E-state index contributed by atoms with van der Waals surface area (Å²) in [6.45, 7) is 0. The predicted octanol–water partition coefficient (Wildman–Crippen LogP) is 2.54. The number of hydrogen-bond acceptors (Lipinski definition) is 4. The van der Waals surface area contributed by atoms with E-state index in [1.165, 1.54) is 25.3 Å². The highest BCUT2D eigenvalue weighted by molar-refractivity contribution is 5.92. The standard InChI is InChI=1S/C15H12O5/c1-20-15(19)11-4-2-3-9(7-11)12-6-5-10(14(17)18)8-13(12)16/h2-8,16H,1H3,(H,17,18). The Hall–Kier alpha value is -2.82. The lowest BCUT2D eigenvalue weighted by Crippen LogP contribution is -2.01. The second kappa shape index (κ2) is 5.44. The number of rotatable bonds is 3. The van der Waals surface area contributed by atoms with E-state index in [4.69, 9.17) is 5.11 Å². The maximum atomic E-state index is 11.5. The molecule has 0 aromatic heterocycles. The highest BCUT2D eigenvalue weighted by Gasteiger charge is 2.11. The normalized spacial score (nSPS) is 10.1. The molecule has 0 bridgehead atoms. The van der Waals surface area contributed by atoms with Crippen LogP contribution < -0.4 is 0 Å². The van der Waals surface area contributed by atoms with Crippen molar-refractivity contribution in [2.24, 2.45) is 0 Å². The molecule has 5 nitrogen and oxygen atoms in total. The Morgan fingerprint density at radius 3 is 2.40 bits per heavy atom. The van der Waals surface area contributed by atoms with Gasteiger partial charge in [-0.25, -0.2) is 9.59 Å². The Morgan fingerprint density at radius 1 is 1.05 bits per heavy atom. The van der Waals surface area contributed by atoms with Crippen LogP contribution in [-0.4, -0.2) is 29.3 Å². The molecule has 0 fully saturated rings. The second-order valence-corrected chi connectivity index (χ2v) is 4.11. The summed E-state index contributed by atoms with van der Waals surface area (Å²) >= 11 is 0. The summed E-state index contributed by atoms with van der Waals surface area (Å²) in [6, 6.07) is 10.6. The van der Waals surface area contributed by atoms with Gasteiger partial charge in [-0.15, -0.1) is 0 Å². The first-order valence-corrected chi connectivity index (χ1v) is 5.78. The van der Waals surface area contributed by atoms with Crippen molar-refractivity contribution in [3.8, 4) is 16.9 Å². The first-order chi connectivity index (χ1) is 9.52. The fraction of sp³-hybridized carbons (Fsp3) is 0.0667. The number of aromatic hydroxyl groups is 1. The monoisotopic (exact) mass is 272 g/mol. The summed E-state index contributed by atoms with van der Waals surface area (Å²) in [7, 11) is 1.29. The van der Waals surface area contributed by atoms with E-state index in [9.17, 15) is 14.7 Å². The third kappa shape index (κ3) is 2.61. The molecule has 0 aliphatic rings. The van der Waals surface area contributed by atoms with Gasteiger partial charge in [0.05, 0.1) is 18.2 Å². The molecule has 20 heavy (non-hydrogen) atoms. The number of ether oxygens (including phenoxy) is 1. The van der Waals surface area contributed by atoms with Crippen LogP contribution in [0.15, 0.2) is 42.5 Å². The number of esters is 1. The van der Waals surface area contributed by atoms with Gasteiger partial charge in [-0.3, -0.25) is 0 Å². The molecule has 0 spiro atoms. The van der Waals surface area contributed by atoms with Crippen molar-refractivity contribution >= 4 is 11.9 Å². The topological polar surface area (TPSA) is 83.8 Å². The van der Waals surface area contributed by atoms with Crippen molar-refractivity contribution in [1.82, 2.24) is 0 Å². The molecule has 0 heterocycles. The van der Waals surface area contributed by atoms with Gasteiger partial charge in [0.15, 0.2) is 0 Å². The number of benzene rings is 2. The Balaban J connectivity index is 2.46. The predicted molar refractivity (Wildman–Crippen MR) is 71.8 cm³/mol. The molecule has 0 atom stereocenters. The largest absolute Gasteiger partial charge is 0.507 e. The van der Waals surface area contributed by atoms with Crippen molar-refractivity contribution in [3.63, 3.8) is 0 Å². The van der Waals surface area contributed by atoms with E-state index < -0.39 is 11.9 Å². The van der Waals surface area contributed by atoms with E-state index in [1.807, 2.05) is 0 Å². The fourth-order valence-electron chi connectivity index (χ4n) is 1.84. The molecule has 0 saturated heterocycles. The van der Waals surface area contributed by atoms with Gasteiger partial charge in [0, 0.05) is 5.56 Å². The van der Waals surface area contributed by atoms with Crippen molar-refractivity contribution in [3.05, 3.63) is 53.6 Å². The van der Waals surface area contributed by atoms with Crippen molar-refractivity contribution < 1.29 is 24.5 Å². The minimum Gasteiger partial charge on any atom is -0.507 e.